The van der Waals surface area contributed by atoms with Crippen molar-refractivity contribution in [1.29, 1.82) is 0 Å². The van der Waals surface area contributed by atoms with Crippen LogP contribution in [0.3, 0.4) is 0 Å². The number of terminal acetylenes is 1. The molecule has 2 aliphatic rings. The number of nitrogens with two attached hydrogens (primary N) is 1. The fourth-order valence-corrected chi connectivity index (χ4v) is 2.69. The number of hydrogen-bond donors (Lipinski definition) is 1. The molecule has 0 aromatic carbocycles. The predicted molar refractivity (Wildman–Crippen MR) is 58.9 cm³/mol. The number of carbonyl (C=O) groups is 1. The normalized spacial score (nSPS) is 36.7. The van der Waals surface area contributed by atoms with Crippen molar-refractivity contribution in [2.45, 2.75) is 44.2 Å². The van der Waals surface area contributed by atoms with E-state index in [1.165, 1.54) is 12.8 Å². The number of carbonyl (C=O) groups excluding carboxylic acids is 1. The van der Waals surface area contributed by atoms with Crippen molar-refractivity contribution < 1.29 is 4.79 Å². The second-order valence-electron chi connectivity index (χ2n) is 4.63. The number of rotatable bonds is 1. The lowest BCUT2D eigenvalue weighted by atomic mass is 9.90. The summed E-state index contributed by atoms with van der Waals surface area (Å²) in [5.41, 5.74) is 6.06. The van der Waals surface area contributed by atoms with Crippen LogP contribution < -0.4 is 5.73 Å². The van der Waals surface area contributed by atoms with Gasteiger partial charge in [0.15, 0.2) is 0 Å². The van der Waals surface area contributed by atoms with E-state index in [0.717, 1.165) is 12.8 Å². The summed E-state index contributed by atoms with van der Waals surface area (Å²) in [6.45, 7) is 0.716. The zero-order valence-corrected chi connectivity index (χ0v) is 8.98. The summed E-state index contributed by atoms with van der Waals surface area (Å²) < 4.78 is 0. The van der Waals surface area contributed by atoms with Crippen LogP contribution in [0.1, 0.15) is 32.1 Å². The van der Waals surface area contributed by atoms with Gasteiger partial charge in [-0.15, -0.1) is 12.3 Å². The molecule has 3 nitrogen and oxygen atoms in total. The smallest absolute Gasteiger partial charge is 0.224 e. The standard InChI is InChI=1S/C12H18N2O/c1-2-9-7-12(15)14(8-9)11-6-4-3-5-10(11)13/h1,9-11H,3-8,13H2/t9?,10-,11+/m1/s1. The number of nitrogens with zero attached hydrogens (tertiary/aromatic N) is 1. The molecule has 2 fully saturated rings. The van der Waals surface area contributed by atoms with Crippen molar-refractivity contribution >= 4 is 5.91 Å². The number of likely N-dealkylation sites (tertiary alicyclic amines) is 1. The van der Waals surface area contributed by atoms with Gasteiger partial charge >= 0.3 is 0 Å². The third-order valence-electron chi connectivity index (χ3n) is 3.58. The molecule has 0 radical (unpaired) electrons. The molecule has 2 N–H and O–H groups in total. The van der Waals surface area contributed by atoms with Crippen molar-refractivity contribution in [3.63, 3.8) is 0 Å². The zero-order valence-electron chi connectivity index (χ0n) is 8.98. The van der Waals surface area contributed by atoms with E-state index in [-0.39, 0.29) is 23.9 Å². The molecule has 3 heteroatoms. The molecule has 1 heterocycles. The summed E-state index contributed by atoms with van der Waals surface area (Å²) in [4.78, 5) is 13.7. The largest absolute Gasteiger partial charge is 0.337 e. The van der Waals surface area contributed by atoms with E-state index < -0.39 is 0 Å². The molecule has 0 aromatic heterocycles. The first-order chi connectivity index (χ1) is 7.22. The fourth-order valence-electron chi connectivity index (χ4n) is 2.69. The maximum Gasteiger partial charge on any atom is 0.224 e. The Hall–Kier alpha value is -1.01. The summed E-state index contributed by atoms with van der Waals surface area (Å²) in [6, 6.07) is 0.392. The van der Waals surface area contributed by atoms with E-state index in [0.29, 0.717) is 13.0 Å². The molecular weight excluding hydrogens is 188 g/mol. The van der Waals surface area contributed by atoms with Crippen molar-refractivity contribution in [3.8, 4) is 12.3 Å². The molecule has 1 amide bonds. The van der Waals surface area contributed by atoms with E-state index in [1.807, 2.05) is 4.90 Å². The quantitative estimate of drug-likeness (QED) is 0.643. The van der Waals surface area contributed by atoms with E-state index in [4.69, 9.17) is 12.2 Å². The summed E-state index contributed by atoms with van der Waals surface area (Å²) >= 11 is 0. The molecule has 0 bridgehead atoms. The molecule has 2 rings (SSSR count). The molecule has 0 spiro atoms. The van der Waals surface area contributed by atoms with Crippen LogP contribution in [-0.4, -0.2) is 29.4 Å². The lowest BCUT2D eigenvalue weighted by molar-refractivity contribution is -0.130. The Morgan fingerprint density at radius 3 is 2.73 bits per heavy atom. The average Bonchev–Trinajstić information content (AvgIpc) is 2.60. The van der Waals surface area contributed by atoms with E-state index in [9.17, 15) is 4.79 Å². The van der Waals surface area contributed by atoms with E-state index >= 15 is 0 Å². The number of amides is 1. The van der Waals surface area contributed by atoms with Gasteiger partial charge in [-0.2, -0.15) is 0 Å². The molecule has 15 heavy (non-hydrogen) atoms. The van der Waals surface area contributed by atoms with Crippen LogP contribution in [0.5, 0.6) is 0 Å². The molecule has 1 aliphatic heterocycles. The van der Waals surface area contributed by atoms with Crippen molar-refractivity contribution in [2.24, 2.45) is 11.7 Å². The first-order valence-corrected chi connectivity index (χ1v) is 5.73. The topological polar surface area (TPSA) is 46.3 Å². The average molecular weight is 206 g/mol. The second-order valence-corrected chi connectivity index (χ2v) is 4.63. The molecule has 1 saturated heterocycles. The summed E-state index contributed by atoms with van der Waals surface area (Å²) in [5.74, 6) is 2.97. The minimum absolute atomic E-state index is 0.103. The van der Waals surface area contributed by atoms with Gasteiger partial charge in [0.25, 0.3) is 0 Å². The van der Waals surface area contributed by atoms with Gasteiger partial charge < -0.3 is 10.6 Å². The Labute approximate surface area is 91.0 Å². The second kappa shape index (κ2) is 4.24. The molecule has 1 aliphatic carbocycles. The van der Waals surface area contributed by atoms with Crippen LogP contribution in [0.25, 0.3) is 0 Å². The van der Waals surface area contributed by atoms with Crippen LogP contribution >= 0.6 is 0 Å². The Morgan fingerprint density at radius 2 is 2.13 bits per heavy atom. The Bertz CT molecular complexity index is 294. The highest BCUT2D eigenvalue weighted by molar-refractivity contribution is 5.79. The van der Waals surface area contributed by atoms with E-state index in [2.05, 4.69) is 5.92 Å². The third-order valence-corrected chi connectivity index (χ3v) is 3.58. The maximum absolute atomic E-state index is 11.8. The van der Waals surface area contributed by atoms with Gasteiger partial charge in [-0.3, -0.25) is 4.79 Å². The van der Waals surface area contributed by atoms with Crippen molar-refractivity contribution in [1.82, 2.24) is 4.90 Å². The summed E-state index contributed by atoms with van der Waals surface area (Å²) in [7, 11) is 0. The SMILES string of the molecule is C#CC1CC(=O)N([C@H]2CCCC[C@H]2N)C1. The van der Waals surface area contributed by atoms with Crippen LogP contribution in [-0.2, 0) is 4.79 Å². The Morgan fingerprint density at radius 1 is 1.40 bits per heavy atom. The molecule has 82 valence electrons. The van der Waals surface area contributed by atoms with E-state index in [1.54, 1.807) is 0 Å². The van der Waals surface area contributed by atoms with Gasteiger partial charge in [0, 0.05) is 31.0 Å². The van der Waals surface area contributed by atoms with Gasteiger partial charge in [-0.1, -0.05) is 12.8 Å². The fraction of sp³-hybridized carbons (Fsp3) is 0.750. The van der Waals surface area contributed by atoms with Gasteiger partial charge in [-0.25, -0.2) is 0 Å². The monoisotopic (exact) mass is 206 g/mol. The lowest BCUT2D eigenvalue weighted by Gasteiger charge is -2.35. The summed E-state index contributed by atoms with van der Waals surface area (Å²) in [5, 5.41) is 0. The van der Waals surface area contributed by atoms with Gasteiger partial charge in [0.1, 0.15) is 0 Å². The highest BCUT2D eigenvalue weighted by Crippen LogP contribution is 2.27. The summed E-state index contributed by atoms with van der Waals surface area (Å²) in [6.07, 6.45) is 10.3. The molecule has 0 aromatic rings. The van der Waals surface area contributed by atoms with Gasteiger partial charge in [0.2, 0.25) is 5.91 Å². The first-order valence-electron chi connectivity index (χ1n) is 5.73. The van der Waals surface area contributed by atoms with Crippen LogP contribution in [0.2, 0.25) is 0 Å². The third kappa shape index (κ3) is 2.00. The minimum Gasteiger partial charge on any atom is -0.337 e. The highest BCUT2D eigenvalue weighted by atomic mass is 16.2. The van der Waals surface area contributed by atoms with Crippen molar-refractivity contribution in [3.05, 3.63) is 0 Å². The molecule has 3 atom stereocenters. The highest BCUT2D eigenvalue weighted by Gasteiger charge is 2.36. The predicted octanol–water partition coefficient (Wildman–Crippen LogP) is 0.738. The Kier molecular flexibility index (Phi) is 2.97. The first kappa shape index (κ1) is 10.5. The Balaban J connectivity index is 2.04. The van der Waals surface area contributed by atoms with Gasteiger partial charge in [-0.05, 0) is 12.8 Å². The van der Waals surface area contributed by atoms with Crippen molar-refractivity contribution in [2.75, 3.05) is 6.54 Å². The number of hydrogen-bond acceptors (Lipinski definition) is 2. The minimum atomic E-state index is 0.103. The van der Waals surface area contributed by atoms with Gasteiger partial charge in [0.05, 0.1) is 0 Å². The molecular formula is C12H18N2O. The molecule has 1 unspecified atom stereocenters. The lowest BCUT2D eigenvalue weighted by Crippen LogP contribution is -2.50. The van der Waals surface area contributed by atoms with Crippen LogP contribution in [0.15, 0.2) is 0 Å². The molecule has 1 saturated carbocycles. The maximum atomic E-state index is 11.8. The zero-order chi connectivity index (χ0) is 10.8. The van der Waals surface area contributed by atoms with Crippen LogP contribution in [0, 0.1) is 18.3 Å². The van der Waals surface area contributed by atoms with Crippen LogP contribution in [0.4, 0.5) is 0 Å².